The summed E-state index contributed by atoms with van der Waals surface area (Å²) in [4.78, 5) is 10.9. The minimum Gasteiger partial charge on any atom is -0.351 e. The average molecular weight is 207 g/mol. The summed E-state index contributed by atoms with van der Waals surface area (Å²) in [6.45, 7) is 5.55. The summed E-state index contributed by atoms with van der Waals surface area (Å²) in [5.74, 6) is -1.25. The number of hydrogen-bond donors (Lipinski definition) is 1. The van der Waals surface area contributed by atoms with Crippen LogP contribution < -0.4 is 5.32 Å². The molecule has 0 aliphatic rings. The molecule has 0 atom stereocenters. The van der Waals surface area contributed by atoms with E-state index in [0.29, 0.717) is 0 Å². The lowest BCUT2D eigenvalue weighted by molar-refractivity contribution is -0.118. The molecule has 0 saturated carbocycles. The average Bonchev–Trinajstić information content (AvgIpc) is 2.00. The Bertz CT molecular complexity index is 294. The molecule has 0 fully saturated rings. The Morgan fingerprint density at radius 3 is 2.46 bits per heavy atom. The molecule has 0 radical (unpaired) electrons. The third-order valence-corrected chi connectivity index (χ3v) is 2.27. The van der Waals surface area contributed by atoms with E-state index in [4.69, 9.17) is 0 Å². The number of nitrogens with one attached hydrogen (secondary N) is 1. The lowest BCUT2D eigenvalue weighted by Gasteiger charge is -2.03. The molecule has 0 bridgehead atoms. The lowest BCUT2D eigenvalue weighted by Crippen LogP contribution is -2.31. The first-order valence-electron chi connectivity index (χ1n) is 3.57. The number of hydrogen-bond acceptors (Lipinski definition) is 4. The van der Waals surface area contributed by atoms with Crippen molar-refractivity contribution in [3.8, 4) is 0 Å². The van der Waals surface area contributed by atoms with Crippen molar-refractivity contribution in [2.24, 2.45) is 0 Å². The van der Waals surface area contributed by atoms with E-state index < -0.39 is 21.8 Å². The van der Waals surface area contributed by atoms with Crippen LogP contribution in [0.3, 0.4) is 0 Å². The monoisotopic (exact) mass is 207 g/mol. The molecule has 0 spiro atoms. The van der Waals surface area contributed by atoms with Crippen molar-refractivity contribution >= 4 is 16.0 Å². The van der Waals surface area contributed by atoms with Gasteiger partial charge in [-0.2, -0.15) is 8.42 Å². The van der Waals surface area contributed by atoms with Gasteiger partial charge < -0.3 is 5.32 Å². The van der Waals surface area contributed by atoms with E-state index >= 15 is 0 Å². The highest BCUT2D eigenvalue weighted by atomic mass is 32.2. The minimum absolute atomic E-state index is 0.276. The fraction of sp³-hybridized carbons (Fsp3) is 0.571. The standard InChI is InChI=1S/C7H13NO4S/c1-6(2)4-8-7(9)5-13(10,11)12-3/h1,4-5H2,2-3H3,(H,8,9). The molecule has 0 aliphatic heterocycles. The maximum absolute atomic E-state index is 10.9. The van der Waals surface area contributed by atoms with Crippen molar-refractivity contribution in [2.45, 2.75) is 6.92 Å². The molecular formula is C7H13NO4S. The van der Waals surface area contributed by atoms with Gasteiger partial charge in [-0.15, -0.1) is 0 Å². The van der Waals surface area contributed by atoms with E-state index in [2.05, 4.69) is 16.1 Å². The van der Waals surface area contributed by atoms with Gasteiger partial charge in [-0.05, 0) is 6.92 Å². The predicted molar refractivity (Wildman–Crippen MR) is 48.6 cm³/mol. The smallest absolute Gasteiger partial charge is 0.276 e. The zero-order valence-electron chi connectivity index (χ0n) is 7.66. The van der Waals surface area contributed by atoms with Gasteiger partial charge in [-0.1, -0.05) is 12.2 Å². The highest BCUT2D eigenvalue weighted by Crippen LogP contribution is 1.90. The molecule has 1 amide bonds. The van der Waals surface area contributed by atoms with E-state index in [1.807, 2.05) is 0 Å². The topological polar surface area (TPSA) is 72.5 Å². The van der Waals surface area contributed by atoms with Crippen molar-refractivity contribution in [1.82, 2.24) is 5.32 Å². The molecule has 0 aliphatic carbocycles. The van der Waals surface area contributed by atoms with Crippen molar-refractivity contribution in [3.63, 3.8) is 0 Å². The van der Waals surface area contributed by atoms with Crippen LogP contribution in [0.1, 0.15) is 6.92 Å². The van der Waals surface area contributed by atoms with Crippen LogP contribution in [0.25, 0.3) is 0 Å². The van der Waals surface area contributed by atoms with Crippen LogP contribution >= 0.6 is 0 Å². The highest BCUT2D eigenvalue weighted by Gasteiger charge is 2.14. The lowest BCUT2D eigenvalue weighted by atomic mass is 10.3. The molecule has 76 valence electrons. The Morgan fingerprint density at radius 1 is 1.54 bits per heavy atom. The van der Waals surface area contributed by atoms with E-state index in [1.54, 1.807) is 6.92 Å². The predicted octanol–water partition coefficient (Wildman–Crippen LogP) is -0.345. The third-order valence-electron chi connectivity index (χ3n) is 1.15. The maximum atomic E-state index is 10.9. The van der Waals surface area contributed by atoms with Crippen LogP contribution in [0.4, 0.5) is 0 Å². The Labute approximate surface area is 77.9 Å². The second-order valence-electron chi connectivity index (χ2n) is 2.60. The molecule has 0 unspecified atom stereocenters. The van der Waals surface area contributed by atoms with Crippen molar-refractivity contribution in [3.05, 3.63) is 12.2 Å². The molecular weight excluding hydrogens is 194 g/mol. The van der Waals surface area contributed by atoms with Crippen LogP contribution in [0.15, 0.2) is 12.2 Å². The summed E-state index contributed by atoms with van der Waals surface area (Å²) in [5, 5.41) is 2.37. The van der Waals surface area contributed by atoms with Gasteiger partial charge >= 0.3 is 0 Å². The summed E-state index contributed by atoms with van der Waals surface area (Å²) in [6, 6.07) is 0. The van der Waals surface area contributed by atoms with Crippen LogP contribution in [0.5, 0.6) is 0 Å². The maximum Gasteiger partial charge on any atom is 0.276 e. The second-order valence-corrected chi connectivity index (χ2v) is 4.34. The van der Waals surface area contributed by atoms with Crippen LogP contribution in [0, 0.1) is 0 Å². The summed E-state index contributed by atoms with van der Waals surface area (Å²) >= 11 is 0. The van der Waals surface area contributed by atoms with E-state index in [-0.39, 0.29) is 6.54 Å². The Kier molecular flexibility index (Phi) is 4.64. The van der Waals surface area contributed by atoms with Gasteiger partial charge in [0.05, 0.1) is 7.11 Å². The van der Waals surface area contributed by atoms with Gasteiger partial charge in [0, 0.05) is 6.54 Å². The SMILES string of the molecule is C=C(C)CNC(=O)CS(=O)(=O)OC. The Morgan fingerprint density at radius 2 is 2.08 bits per heavy atom. The first-order valence-corrected chi connectivity index (χ1v) is 5.14. The molecule has 13 heavy (non-hydrogen) atoms. The molecule has 0 aromatic heterocycles. The third kappa shape index (κ3) is 6.30. The van der Waals surface area contributed by atoms with Crippen LogP contribution in [-0.4, -0.2) is 33.7 Å². The summed E-state index contributed by atoms with van der Waals surface area (Å²) < 4.78 is 25.6. The van der Waals surface area contributed by atoms with Crippen LogP contribution in [0.2, 0.25) is 0 Å². The minimum atomic E-state index is -3.71. The number of amides is 1. The zero-order chi connectivity index (χ0) is 10.5. The van der Waals surface area contributed by atoms with Gasteiger partial charge in [0.25, 0.3) is 10.1 Å². The molecule has 0 aromatic rings. The van der Waals surface area contributed by atoms with Gasteiger partial charge in [-0.25, -0.2) is 0 Å². The molecule has 0 rings (SSSR count). The molecule has 0 heterocycles. The first-order chi connectivity index (χ1) is 5.87. The molecule has 1 N–H and O–H groups in total. The Hall–Kier alpha value is -0.880. The highest BCUT2D eigenvalue weighted by molar-refractivity contribution is 7.87. The van der Waals surface area contributed by atoms with E-state index in [9.17, 15) is 13.2 Å². The van der Waals surface area contributed by atoms with Crippen molar-refractivity contribution in [2.75, 3.05) is 19.4 Å². The quantitative estimate of drug-likeness (QED) is 0.494. The fourth-order valence-electron chi connectivity index (χ4n) is 0.520. The van der Waals surface area contributed by atoms with E-state index in [0.717, 1.165) is 12.7 Å². The van der Waals surface area contributed by atoms with Gasteiger partial charge in [0.2, 0.25) is 5.91 Å². The fourth-order valence-corrected chi connectivity index (χ4v) is 1.06. The van der Waals surface area contributed by atoms with Crippen LogP contribution in [-0.2, 0) is 19.1 Å². The van der Waals surface area contributed by atoms with Crippen molar-refractivity contribution in [1.29, 1.82) is 0 Å². The second kappa shape index (κ2) is 4.98. The number of carbonyl (C=O) groups excluding carboxylic acids is 1. The van der Waals surface area contributed by atoms with Gasteiger partial charge in [-0.3, -0.25) is 8.98 Å². The van der Waals surface area contributed by atoms with Crippen molar-refractivity contribution < 1.29 is 17.4 Å². The number of carbonyl (C=O) groups is 1. The van der Waals surface area contributed by atoms with Gasteiger partial charge in [0.15, 0.2) is 5.75 Å². The molecule has 0 aromatic carbocycles. The van der Waals surface area contributed by atoms with E-state index in [1.165, 1.54) is 0 Å². The summed E-state index contributed by atoms with van der Waals surface area (Å²) in [5.41, 5.74) is 0.753. The molecule has 5 nitrogen and oxygen atoms in total. The molecule has 0 saturated heterocycles. The summed E-state index contributed by atoms with van der Waals surface area (Å²) in [7, 11) is -2.69. The molecule has 6 heteroatoms. The Balaban J connectivity index is 3.96. The first kappa shape index (κ1) is 12.1. The number of rotatable bonds is 5. The largest absolute Gasteiger partial charge is 0.351 e. The van der Waals surface area contributed by atoms with Gasteiger partial charge in [0.1, 0.15) is 0 Å². The zero-order valence-corrected chi connectivity index (χ0v) is 8.48. The summed E-state index contributed by atoms with van der Waals surface area (Å²) in [6.07, 6.45) is 0. The normalized spacial score (nSPS) is 10.9.